The first-order chi connectivity index (χ1) is 6.71. The summed E-state index contributed by atoms with van der Waals surface area (Å²) < 4.78 is 0. The van der Waals surface area contributed by atoms with E-state index < -0.39 is 5.60 Å². The Morgan fingerprint density at radius 3 is 2.20 bits per heavy atom. The number of hydrogen-bond donors (Lipinski definition) is 2. The molecule has 0 aliphatic heterocycles. The van der Waals surface area contributed by atoms with E-state index in [1.165, 1.54) is 13.8 Å². The van der Waals surface area contributed by atoms with Crippen LogP contribution in [0.25, 0.3) is 0 Å². The van der Waals surface area contributed by atoms with Crippen LogP contribution < -0.4 is 5.32 Å². The molecule has 15 heavy (non-hydrogen) atoms. The third-order valence-electron chi connectivity index (χ3n) is 3.23. The molecule has 1 aliphatic rings. The quantitative estimate of drug-likeness (QED) is 0.735. The molecule has 0 aromatic rings. The first kappa shape index (κ1) is 12.5. The standard InChI is InChI=1S/C12H23NO2/c1-11(2)7-5-9(6-8-11)13-10(14)12(3,4)15/h9,15H,5-8H2,1-4H3,(H,13,14). The van der Waals surface area contributed by atoms with E-state index in [-0.39, 0.29) is 11.9 Å². The second-order valence-electron chi connectivity index (χ2n) is 5.97. The molecule has 0 atom stereocenters. The van der Waals surface area contributed by atoms with Crippen molar-refractivity contribution in [3.05, 3.63) is 0 Å². The molecule has 0 aromatic heterocycles. The van der Waals surface area contributed by atoms with Gasteiger partial charge in [0.05, 0.1) is 0 Å². The molecular formula is C12H23NO2. The fourth-order valence-corrected chi connectivity index (χ4v) is 1.91. The SMILES string of the molecule is CC1(C)CCC(NC(=O)C(C)(C)O)CC1. The Bertz CT molecular complexity index is 230. The van der Waals surface area contributed by atoms with Gasteiger partial charge in [-0.15, -0.1) is 0 Å². The molecule has 3 nitrogen and oxygen atoms in total. The first-order valence-corrected chi connectivity index (χ1v) is 5.74. The third-order valence-corrected chi connectivity index (χ3v) is 3.23. The smallest absolute Gasteiger partial charge is 0.251 e. The van der Waals surface area contributed by atoms with Crippen molar-refractivity contribution in [1.29, 1.82) is 0 Å². The number of nitrogens with one attached hydrogen (secondary N) is 1. The summed E-state index contributed by atoms with van der Waals surface area (Å²) in [7, 11) is 0. The molecule has 1 saturated carbocycles. The maximum Gasteiger partial charge on any atom is 0.251 e. The van der Waals surface area contributed by atoms with Gasteiger partial charge in [0.25, 0.3) is 5.91 Å². The summed E-state index contributed by atoms with van der Waals surface area (Å²) in [5, 5.41) is 12.4. The average molecular weight is 213 g/mol. The minimum atomic E-state index is -1.26. The van der Waals surface area contributed by atoms with Crippen LogP contribution in [0.5, 0.6) is 0 Å². The molecule has 1 rings (SSSR count). The minimum absolute atomic E-state index is 0.247. The highest BCUT2D eigenvalue weighted by Crippen LogP contribution is 2.35. The zero-order valence-electron chi connectivity index (χ0n) is 10.3. The first-order valence-electron chi connectivity index (χ1n) is 5.74. The Balaban J connectivity index is 2.40. The number of carbonyl (C=O) groups excluding carboxylic acids is 1. The van der Waals surface area contributed by atoms with Gasteiger partial charge >= 0.3 is 0 Å². The predicted molar refractivity (Wildman–Crippen MR) is 60.5 cm³/mol. The van der Waals surface area contributed by atoms with Gasteiger partial charge in [0.2, 0.25) is 0 Å². The summed E-state index contributed by atoms with van der Waals surface area (Å²) in [6.07, 6.45) is 4.33. The molecular weight excluding hydrogens is 190 g/mol. The topological polar surface area (TPSA) is 49.3 Å². The summed E-state index contributed by atoms with van der Waals surface area (Å²) in [5.41, 5.74) is -0.844. The second-order valence-corrected chi connectivity index (χ2v) is 5.97. The van der Waals surface area contributed by atoms with Crippen LogP contribution in [0.3, 0.4) is 0 Å². The molecule has 1 fully saturated rings. The van der Waals surface area contributed by atoms with Gasteiger partial charge < -0.3 is 10.4 Å². The molecule has 2 N–H and O–H groups in total. The number of amides is 1. The van der Waals surface area contributed by atoms with Gasteiger partial charge in [-0.2, -0.15) is 0 Å². The fourth-order valence-electron chi connectivity index (χ4n) is 1.91. The zero-order valence-corrected chi connectivity index (χ0v) is 10.3. The van der Waals surface area contributed by atoms with Crippen molar-refractivity contribution in [2.24, 2.45) is 5.41 Å². The number of hydrogen-bond acceptors (Lipinski definition) is 2. The molecule has 0 bridgehead atoms. The lowest BCUT2D eigenvalue weighted by atomic mass is 9.75. The molecule has 0 radical (unpaired) electrons. The Morgan fingerprint density at radius 2 is 1.80 bits per heavy atom. The molecule has 0 aromatic carbocycles. The van der Waals surface area contributed by atoms with Gasteiger partial charge in [-0.1, -0.05) is 13.8 Å². The molecule has 0 spiro atoms. The van der Waals surface area contributed by atoms with E-state index in [9.17, 15) is 9.90 Å². The molecule has 1 aliphatic carbocycles. The molecule has 88 valence electrons. The van der Waals surface area contributed by atoms with Crippen LogP contribution in [0.1, 0.15) is 53.4 Å². The molecule has 0 heterocycles. The van der Waals surface area contributed by atoms with Gasteiger partial charge in [0, 0.05) is 6.04 Å². The van der Waals surface area contributed by atoms with Crippen molar-refractivity contribution in [2.45, 2.75) is 65.0 Å². The maximum atomic E-state index is 11.5. The van der Waals surface area contributed by atoms with Crippen LogP contribution in [0.15, 0.2) is 0 Å². The number of aliphatic hydroxyl groups is 1. The highest BCUT2D eigenvalue weighted by molar-refractivity contribution is 5.84. The third kappa shape index (κ3) is 3.82. The van der Waals surface area contributed by atoms with Gasteiger partial charge in [0.15, 0.2) is 0 Å². The second kappa shape index (κ2) is 4.12. The lowest BCUT2D eigenvalue weighted by molar-refractivity contribution is -0.137. The zero-order chi connectivity index (χ0) is 11.7. The van der Waals surface area contributed by atoms with E-state index >= 15 is 0 Å². The van der Waals surface area contributed by atoms with Crippen LogP contribution in [-0.2, 0) is 4.79 Å². The number of rotatable bonds is 2. The van der Waals surface area contributed by atoms with E-state index in [0.29, 0.717) is 5.41 Å². The highest BCUT2D eigenvalue weighted by Gasteiger charge is 2.30. The van der Waals surface area contributed by atoms with E-state index in [0.717, 1.165) is 25.7 Å². The maximum absolute atomic E-state index is 11.5. The van der Waals surface area contributed by atoms with Crippen LogP contribution >= 0.6 is 0 Å². The van der Waals surface area contributed by atoms with Crippen molar-refractivity contribution in [1.82, 2.24) is 5.32 Å². The Labute approximate surface area is 92.3 Å². The van der Waals surface area contributed by atoms with Crippen molar-refractivity contribution in [3.8, 4) is 0 Å². The van der Waals surface area contributed by atoms with Crippen molar-refractivity contribution < 1.29 is 9.90 Å². The van der Waals surface area contributed by atoms with E-state index in [1.807, 2.05) is 0 Å². The Hall–Kier alpha value is -0.570. The van der Waals surface area contributed by atoms with Gasteiger partial charge in [-0.3, -0.25) is 4.79 Å². The van der Waals surface area contributed by atoms with E-state index in [4.69, 9.17) is 0 Å². The summed E-state index contributed by atoms with van der Waals surface area (Å²) in [4.78, 5) is 11.5. The minimum Gasteiger partial charge on any atom is -0.381 e. The summed E-state index contributed by atoms with van der Waals surface area (Å²) in [6, 6.07) is 0.247. The predicted octanol–water partition coefficient (Wildman–Crippen LogP) is 1.84. The normalized spacial score (nSPS) is 22.5. The van der Waals surface area contributed by atoms with Crippen molar-refractivity contribution >= 4 is 5.91 Å². The van der Waals surface area contributed by atoms with Crippen molar-refractivity contribution in [2.75, 3.05) is 0 Å². The lowest BCUT2D eigenvalue weighted by Gasteiger charge is -2.35. The average Bonchev–Trinajstić information content (AvgIpc) is 2.07. The molecule has 0 unspecified atom stereocenters. The summed E-state index contributed by atoms with van der Waals surface area (Å²) >= 11 is 0. The monoisotopic (exact) mass is 213 g/mol. The van der Waals surface area contributed by atoms with Crippen molar-refractivity contribution in [3.63, 3.8) is 0 Å². The fraction of sp³-hybridized carbons (Fsp3) is 0.917. The molecule has 3 heteroatoms. The van der Waals surface area contributed by atoms with Crippen LogP contribution in [-0.4, -0.2) is 22.7 Å². The Morgan fingerprint density at radius 1 is 1.33 bits per heavy atom. The van der Waals surface area contributed by atoms with Crippen LogP contribution in [0.2, 0.25) is 0 Å². The lowest BCUT2D eigenvalue weighted by Crippen LogP contribution is -2.48. The highest BCUT2D eigenvalue weighted by atomic mass is 16.3. The summed E-state index contributed by atoms with van der Waals surface area (Å²) in [6.45, 7) is 7.58. The Kier molecular flexibility index (Phi) is 3.44. The molecule has 1 amide bonds. The van der Waals surface area contributed by atoms with E-state index in [1.54, 1.807) is 0 Å². The van der Waals surface area contributed by atoms with E-state index in [2.05, 4.69) is 19.2 Å². The molecule has 0 saturated heterocycles. The van der Waals surface area contributed by atoms with Gasteiger partial charge in [0.1, 0.15) is 5.60 Å². The number of carbonyl (C=O) groups is 1. The van der Waals surface area contributed by atoms with Gasteiger partial charge in [-0.25, -0.2) is 0 Å². The van der Waals surface area contributed by atoms with Crippen LogP contribution in [0.4, 0.5) is 0 Å². The summed E-state index contributed by atoms with van der Waals surface area (Å²) in [5.74, 6) is -0.257. The van der Waals surface area contributed by atoms with Crippen LogP contribution in [0, 0.1) is 5.41 Å². The largest absolute Gasteiger partial charge is 0.381 e. The van der Waals surface area contributed by atoms with Gasteiger partial charge in [-0.05, 0) is 44.9 Å².